The lowest BCUT2D eigenvalue weighted by atomic mass is 9.95. The first kappa shape index (κ1) is 15.0. The molecule has 0 bridgehead atoms. The first-order chi connectivity index (χ1) is 7.68. The summed E-state index contributed by atoms with van der Waals surface area (Å²) in [4.78, 5) is 12.7. The summed E-state index contributed by atoms with van der Waals surface area (Å²) in [5.74, 6) is 0.575. The number of amides is 1. The number of hydrogen-bond donors (Lipinski definition) is 2. The summed E-state index contributed by atoms with van der Waals surface area (Å²) < 4.78 is 0.881. The van der Waals surface area contributed by atoms with E-state index < -0.39 is 0 Å². The first-order valence-corrected chi connectivity index (χ1v) is 7.10. The number of carbonyl (C=O) groups is 1. The van der Waals surface area contributed by atoms with Crippen LogP contribution in [0.1, 0.15) is 23.0 Å². The van der Waals surface area contributed by atoms with Gasteiger partial charge in [-0.1, -0.05) is 6.92 Å². The van der Waals surface area contributed by atoms with Crippen LogP contribution in [0.15, 0.2) is 15.9 Å². The SMILES string of the molecule is CC1CCNCC1NC(=O)c1sccc1Br.Cl. The summed E-state index contributed by atoms with van der Waals surface area (Å²) in [5.41, 5.74) is 0. The van der Waals surface area contributed by atoms with Crippen LogP contribution in [0.2, 0.25) is 0 Å². The Morgan fingerprint density at radius 2 is 2.41 bits per heavy atom. The van der Waals surface area contributed by atoms with E-state index in [4.69, 9.17) is 0 Å². The van der Waals surface area contributed by atoms with Crippen molar-refractivity contribution in [3.05, 3.63) is 20.8 Å². The fourth-order valence-electron chi connectivity index (χ4n) is 1.87. The second-order valence-corrected chi connectivity index (χ2v) is 5.92. The minimum atomic E-state index is 0. The highest BCUT2D eigenvalue weighted by Crippen LogP contribution is 2.23. The molecule has 1 saturated heterocycles. The lowest BCUT2D eigenvalue weighted by Gasteiger charge is -2.30. The highest BCUT2D eigenvalue weighted by molar-refractivity contribution is 9.10. The molecule has 0 radical (unpaired) electrons. The smallest absolute Gasteiger partial charge is 0.262 e. The summed E-state index contributed by atoms with van der Waals surface area (Å²) in [6, 6.07) is 2.15. The predicted octanol–water partition coefficient (Wildman–Crippen LogP) is 2.66. The minimum Gasteiger partial charge on any atom is -0.347 e. The van der Waals surface area contributed by atoms with Crippen molar-refractivity contribution in [1.82, 2.24) is 10.6 Å². The van der Waals surface area contributed by atoms with Gasteiger partial charge in [0.25, 0.3) is 5.91 Å². The van der Waals surface area contributed by atoms with Crippen molar-refractivity contribution in [3.63, 3.8) is 0 Å². The second kappa shape index (κ2) is 6.73. The lowest BCUT2D eigenvalue weighted by Crippen LogP contribution is -2.50. The normalized spacial score (nSPS) is 23.9. The minimum absolute atomic E-state index is 0. The number of piperidine rings is 1. The molecular formula is C11H16BrClN2OS. The summed E-state index contributed by atoms with van der Waals surface area (Å²) in [5, 5.41) is 8.32. The molecule has 1 fully saturated rings. The fourth-order valence-corrected chi connectivity index (χ4v) is 3.33. The molecule has 1 aromatic heterocycles. The summed E-state index contributed by atoms with van der Waals surface area (Å²) in [6.07, 6.45) is 1.12. The van der Waals surface area contributed by atoms with Crippen LogP contribution in [-0.4, -0.2) is 25.0 Å². The third-order valence-electron chi connectivity index (χ3n) is 2.97. The molecule has 96 valence electrons. The van der Waals surface area contributed by atoms with Gasteiger partial charge in [0.2, 0.25) is 0 Å². The van der Waals surface area contributed by atoms with E-state index in [1.54, 1.807) is 0 Å². The van der Waals surface area contributed by atoms with Crippen LogP contribution in [-0.2, 0) is 0 Å². The van der Waals surface area contributed by atoms with Crippen LogP contribution < -0.4 is 10.6 Å². The number of hydrogen-bond acceptors (Lipinski definition) is 3. The van der Waals surface area contributed by atoms with Crippen LogP contribution in [0, 0.1) is 5.92 Å². The van der Waals surface area contributed by atoms with Gasteiger partial charge >= 0.3 is 0 Å². The van der Waals surface area contributed by atoms with Crippen molar-refractivity contribution < 1.29 is 4.79 Å². The zero-order valence-electron chi connectivity index (χ0n) is 9.53. The monoisotopic (exact) mass is 338 g/mol. The average Bonchev–Trinajstić information content (AvgIpc) is 2.68. The standard InChI is InChI=1S/C11H15BrN2OS.ClH/c1-7-2-4-13-6-9(7)14-11(15)10-8(12)3-5-16-10;/h3,5,7,9,13H,2,4,6H2,1H3,(H,14,15);1H. The molecular weight excluding hydrogens is 324 g/mol. The summed E-state index contributed by atoms with van der Waals surface area (Å²) in [6.45, 7) is 4.11. The fraction of sp³-hybridized carbons (Fsp3) is 0.545. The van der Waals surface area contributed by atoms with Crippen LogP contribution in [0.3, 0.4) is 0 Å². The van der Waals surface area contributed by atoms with E-state index in [0.29, 0.717) is 5.92 Å². The third kappa shape index (κ3) is 3.68. The zero-order valence-corrected chi connectivity index (χ0v) is 12.8. The Morgan fingerprint density at radius 1 is 1.65 bits per heavy atom. The van der Waals surface area contributed by atoms with Gasteiger partial charge in [0.1, 0.15) is 4.88 Å². The zero-order chi connectivity index (χ0) is 11.5. The van der Waals surface area contributed by atoms with E-state index in [2.05, 4.69) is 33.5 Å². The topological polar surface area (TPSA) is 41.1 Å². The van der Waals surface area contributed by atoms with Gasteiger partial charge in [-0.05, 0) is 46.3 Å². The molecule has 2 heterocycles. The van der Waals surface area contributed by atoms with Crippen molar-refractivity contribution in [2.45, 2.75) is 19.4 Å². The van der Waals surface area contributed by atoms with E-state index in [1.165, 1.54) is 11.3 Å². The number of rotatable bonds is 2. The van der Waals surface area contributed by atoms with Crippen LogP contribution >= 0.6 is 39.7 Å². The Kier molecular flexibility index (Phi) is 5.92. The van der Waals surface area contributed by atoms with Crippen molar-refractivity contribution in [3.8, 4) is 0 Å². The highest BCUT2D eigenvalue weighted by atomic mass is 79.9. The Hall–Kier alpha value is -0.100. The molecule has 1 aliphatic rings. The van der Waals surface area contributed by atoms with Gasteiger partial charge in [-0.25, -0.2) is 0 Å². The van der Waals surface area contributed by atoms with E-state index in [0.717, 1.165) is 28.9 Å². The Morgan fingerprint density at radius 3 is 3.00 bits per heavy atom. The van der Waals surface area contributed by atoms with E-state index >= 15 is 0 Å². The molecule has 3 nitrogen and oxygen atoms in total. The molecule has 2 atom stereocenters. The van der Waals surface area contributed by atoms with Gasteiger partial charge in [-0.2, -0.15) is 0 Å². The van der Waals surface area contributed by atoms with Crippen molar-refractivity contribution in [1.29, 1.82) is 0 Å². The first-order valence-electron chi connectivity index (χ1n) is 5.43. The van der Waals surface area contributed by atoms with Gasteiger partial charge in [0, 0.05) is 17.1 Å². The quantitative estimate of drug-likeness (QED) is 0.870. The van der Waals surface area contributed by atoms with Crippen molar-refractivity contribution in [2.75, 3.05) is 13.1 Å². The van der Waals surface area contributed by atoms with E-state index in [-0.39, 0.29) is 24.4 Å². The molecule has 1 aliphatic heterocycles. The molecule has 2 unspecified atom stereocenters. The molecule has 0 aliphatic carbocycles. The Labute approximate surface area is 120 Å². The van der Waals surface area contributed by atoms with Gasteiger partial charge in [-0.3, -0.25) is 4.79 Å². The van der Waals surface area contributed by atoms with Gasteiger partial charge in [0.05, 0.1) is 0 Å². The molecule has 17 heavy (non-hydrogen) atoms. The Balaban J connectivity index is 0.00000144. The van der Waals surface area contributed by atoms with Gasteiger partial charge in [0.15, 0.2) is 0 Å². The highest BCUT2D eigenvalue weighted by Gasteiger charge is 2.24. The van der Waals surface area contributed by atoms with E-state index in [1.807, 2.05) is 11.4 Å². The maximum absolute atomic E-state index is 12.0. The maximum Gasteiger partial charge on any atom is 0.262 e. The molecule has 0 spiro atoms. The number of carbonyl (C=O) groups excluding carboxylic acids is 1. The van der Waals surface area contributed by atoms with Gasteiger partial charge < -0.3 is 10.6 Å². The van der Waals surface area contributed by atoms with Crippen molar-refractivity contribution in [2.24, 2.45) is 5.92 Å². The van der Waals surface area contributed by atoms with Crippen LogP contribution in [0.4, 0.5) is 0 Å². The average molecular weight is 340 g/mol. The maximum atomic E-state index is 12.0. The summed E-state index contributed by atoms with van der Waals surface area (Å²) >= 11 is 4.85. The lowest BCUT2D eigenvalue weighted by molar-refractivity contribution is 0.0918. The molecule has 1 aromatic rings. The van der Waals surface area contributed by atoms with Gasteiger partial charge in [-0.15, -0.1) is 23.7 Å². The van der Waals surface area contributed by atoms with Crippen LogP contribution in [0.25, 0.3) is 0 Å². The molecule has 0 aromatic carbocycles. The largest absolute Gasteiger partial charge is 0.347 e. The Bertz CT molecular complexity index is 385. The molecule has 2 N–H and O–H groups in total. The predicted molar refractivity (Wildman–Crippen MR) is 77.2 cm³/mol. The third-order valence-corrected chi connectivity index (χ3v) is 4.80. The number of halogens is 2. The molecule has 2 rings (SSSR count). The van der Waals surface area contributed by atoms with Crippen LogP contribution in [0.5, 0.6) is 0 Å². The number of nitrogens with one attached hydrogen (secondary N) is 2. The van der Waals surface area contributed by atoms with Crippen molar-refractivity contribution >= 4 is 45.6 Å². The molecule has 6 heteroatoms. The second-order valence-electron chi connectivity index (χ2n) is 4.15. The summed E-state index contributed by atoms with van der Waals surface area (Å²) in [7, 11) is 0. The molecule has 1 amide bonds. The molecule has 0 saturated carbocycles. The number of thiophene rings is 1. The van der Waals surface area contributed by atoms with E-state index in [9.17, 15) is 4.79 Å².